The topological polar surface area (TPSA) is 147 Å². The molecule has 4 rings (SSSR count). The lowest BCUT2D eigenvalue weighted by atomic mass is 10.0. The first kappa shape index (κ1) is 33.6. The summed E-state index contributed by atoms with van der Waals surface area (Å²) in [6.07, 6.45) is -3.95. The third-order valence-corrected chi connectivity index (χ3v) is 8.36. The van der Waals surface area contributed by atoms with Crippen molar-refractivity contribution >= 4 is 52.0 Å². The Morgan fingerprint density at radius 1 is 0.956 bits per heavy atom. The van der Waals surface area contributed by atoms with Crippen LogP contribution in [0.3, 0.4) is 0 Å². The van der Waals surface area contributed by atoms with E-state index in [9.17, 15) is 32.3 Å². The van der Waals surface area contributed by atoms with E-state index in [4.69, 9.17) is 5.41 Å². The molecule has 1 aliphatic rings. The summed E-state index contributed by atoms with van der Waals surface area (Å²) in [5.74, 6) is -1.92. The summed E-state index contributed by atoms with van der Waals surface area (Å²) in [4.78, 5) is 55.1. The number of hydrogen-bond acceptors (Lipinski definition) is 6. The highest BCUT2D eigenvalue weighted by atomic mass is 32.2. The predicted molar refractivity (Wildman–Crippen MR) is 166 cm³/mol. The Morgan fingerprint density at radius 2 is 1.62 bits per heavy atom. The number of amides is 3. The van der Waals surface area contributed by atoms with Crippen LogP contribution in [0.25, 0.3) is 10.9 Å². The highest BCUT2D eigenvalue weighted by molar-refractivity contribution is 7.99. The minimum Gasteiger partial charge on any atom is -0.361 e. The van der Waals surface area contributed by atoms with Crippen LogP contribution in [0.2, 0.25) is 0 Å². The van der Waals surface area contributed by atoms with E-state index in [2.05, 4.69) is 20.9 Å². The number of nitrogens with one attached hydrogen (secondary N) is 5. The molecule has 2 aromatic carbocycles. The minimum atomic E-state index is -5.19. The van der Waals surface area contributed by atoms with Gasteiger partial charge in [0.2, 0.25) is 17.7 Å². The van der Waals surface area contributed by atoms with E-state index in [1.54, 1.807) is 55.5 Å². The average Bonchev–Trinajstić information content (AvgIpc) is 3.45. The third-order valence-electron chi connectivity index (χ3n) is 7.42. The van der Waals surface area contributed by atoms with Crippen molar-refractivity contribution < 1.29 is 32.3 Å². The molecule has 2 heterocycles. The van der Waals surface area contributed by atoms with Crippen molar-refractivity contribution in [1.29, 1.82) is 5.41 Å². The zero-order valence-corrected chi connectivity index (χ0v) is 25.4. The molecule has 240 valence electrons. The standard InChI is InChI=1S/C31H35F3N6O4S/c1-2-26(41)39-25(15-19-7-9-20(10-8-19)29(35)40-11-13-45-14-12-40)30(44)37-18-27(42)38-24(28(43)31(32,33)34)16-21-17-36-23-6-4-3-5-22(21)23/h3-10,17,24-25,35-36H,2,11-16,18H2,1H3,(H,37,44)(H,38,42)(H,39,41). The molecule has 5 N–H and O–H groups in total. The molecule has 0 saturated carbocycles. The Labute approximate surface area is 262 Å². The number of H-pyrrole nitrogens is 1. The number of aromatic nitrogens is 1. The summed E-state index contributed by atoms with van der Waals surface area (Å²) in [7, 11) is 0. The number of thioether (sulfide) groups is 1. The number of Topliss-reactive ketones (excluding diaryl/α,β-unsaturated/α-hetero) is 1. The second-order valence-electron chi connectivity index (χ2n) is 10.6. The number of halogens is 3. The number of ketones is 1. The number of fused-ring (bicyclic) bond motifs is 1. The molecule has 2 unspecified atom stereocenters. The summed E-state index contributed by atoms with van der Waals surface area (Å²) in [5.41, 5.74) is 2.49. The number of nitrogens with zero attached hydrogens (tertiary/aromatic N) is 1. The van der Waals surface area contributed by atoms with E-state index in [0.717, 1.165) is 30.2 Å². The number of hydrogen-bond donors (Lipinski definition) is 5. The normalized spacial score (nSPS) is 14.8. The number of carbonyl (C=O) groups is 4. The summed E-state index contributed by atoms with van der Waals surface area (Å²) >= 11 is 1.84. The van der Waals surface area contributed by atoms with Crippen LogP contribution in [0.15, 0.2) is 54.7 Å². The summed E-state index contributed by atoms with van der Waals surface area (Å²) < 4.78 is 40.2. The highest BCUT2D eigenvalue weighted by Gasteiger charge is 2.44. The van der Waals surface area contributed by atoms with Gasteiger partial charge >= 0.3 is 6.18 Å². The van der Waals surface area contributed by atoms with Crippen LogP contribution in [0.4, 0.5) is 13.2 Å². The molecule has 0 aliphatic carbocycles. The fraction of sp³-hybridized carbons (Fsp3) is 0.387. The van der Waals surface area contributed by atoms with E-state index in [1.807, 2.05) is 16.7 Å². The Bertz CT molecular complexity index is 1540. The van der Waals surface area contributed by atoms with E-state index >= 15 is 0 Å². The lowest BCUT2D eigenvalue weighted by Gasteiger charge is -2.28. The van der Waals surface area contributed by atoms with Crippen LogP contribution in [-0.4, -0.2) is 88.6 Å². The molecule has 14 heteroatoms. The molecular weight excluding hydrogens is 609 g/mol. The van der Waals surface area contributed by atoms with Gasteiger partial charge in [-0.2, -0.15) is 24.9 Å². The Balaban J connectivity index is 1.39. The third kappa shape index (κ3) is 9.10. The zero-order chi connectivity index (χ0) is 32.6. The molecule has 3 aromatic rings. The minimum absolute atomic E-state index is 0.0723. The highest BCUT2D eigenvalue weighted by Crippen LogP contribution is 2.23. The smallest absolute Gasteiger partial charge is 0.361 e. The average molecular weight is 645 g/mol. The van der Waals surface area contributed by atoms with E-state index in [1.165, 1.54) is 6.20 Å². The summed E-state index contributed by atoms with van der Waals surface area (Å²) in [6, 6.07) is 10.9. The lowest BCUT2D eigenvalue weighted by Crippen LogP contribution is -2.53. The van der Waals surface area contributed by atoms with Crippen molar-refractivity contribution in [3.05, 3.63) is 71.4 Å². The van der Waals surface area contributed by atoms with Gasteiger partial charge in [0.15, 0.2) is 0 Å². The SMILES string of the molecule is CCC(=O)NC(Cc1ccc(C(=N)N2CCSCC2)cc1)C(=O)NCC(=O)NC(Cc1c[nH]c2ccccc12)C(=O)C(F)(F)F. The second-order valence-corrected chi connectivity index (χ2v) is 11.8. The number of alkyl halides is 3. The fourth-order valence-corrected chi connectivity index (χ4v) is 5.88. The van der Waals surface area contributed by atoms with Crippen LogP contribution in [-0.2, 0) is 32.0 Å². The first-order chi connectivity index (χ1) is 21.5. The molecule has 2 atom stereocenters. The maximum atomic E-state index is 13.4. The maximum absolute atomic E-state index is 13.4. The summed E-state index contributed by atoms with van der Waals surface area (Å²) in [6.45, 7) is 2.48. The Morgan fingerprint density at radius 3 is 2.29 bits per heavy atom. The molecule has 0 bridgehead atoms. The first-order valence-corrected chi connectivity index (χ1v) is 15.6. The molecule has 1 fully saturated rings. The van der Waals surface area contributed by atoms with Crippen molar-refractivity contribution in [3.63, 3.8) is 0 Å². The second kappa shape index (κ2) is 15.1. The van der Waals surface area contributed by atoms with Gasteiger partial charge in [-0.25, -0.2) is 0 Å². The quantitative estimate of drug-likeness (QED) is 0.151. The van der Waals surface area contributed by atoms with Crippen molar-refractivity contribution in [2.45, 2.75) is 44.4 Å². The largest absolute Gasteiger partial charge is 0.452 e. The van der Waals surface area contributed by atoms with Crippen molar-refractivity contribution in [2.75, 3.05) is 31.1 Å². The van der Waals surface area contributed by atoms with Gasteiger partial charge in [0, 0.05) is 66.5 Å². The number of carbonyl (C=O) groups excluding carboxylic acids is 4. The zero-order valence-electron chi connectivity index (χ0n) is 24.6. The first-order valence-electron chi connectivity index (χ1n) is 14.5. The van der Waals surface area contributed by atoms with Gasteiger partial charge < -0.3 is 25.8 Å². The molecule has 0 radical (unpaired) electrons. The van der Waals surface area contributed by atoms with Gasteiger partial charge in [-0.15, -0.1) is 0 Å². The molecular formula is C31H35F3N6O4S. The van der Waals surface area contributed by atoms with Crippen LogP contribution in [0.5, 0.6) is 0 Å². The molecule has 3 amide bonds. The van der Waals surface area contributed by atoms with Crippen LogP contribution in [0.1, 0.15) is 30.0 Å². The van der Waals surface area contributed by atoms with E-state index in [-0.39, 0.29) is 12.8 Å². The lowest BCUT2D eigenvalue weighted by molar-refractivity contribution is -0.173. The van der Waals surface area contributed by atoms with Crippen molar-refractivity contribution in [2.24, 2.45) is 0 Å². The van der Waals surface area contributed by atoms with Gasteiger partial charge in [0.1, 0.15) is 17.9 Å². The van der Waals surface area contributed by atoms with Gasteiger partial charge in [0.05, 0.1) is 6.54 Å². The summed E-state index contributed by atoms with van der Waals surface area (Å²) in [5, 5.41) is 16.2. The van der Waals surface area contributed by atoms with Crippen molar-refractivity contribution in [3.8, 4) is 0 Å². The predicted octanol–water partition coefficient (Wildman–Crippen LogP) is 2.95. The van der Waals surface area contributed by atoms with Gasteiger partial charge in [-0.3, -0.25) is 24.6 Å². The molecule has 1 saturated heterocycles. The van der Waals surface area contributed by atoms with Crippen molar-refractivity contribution in [1.82, 2.24) is 25.8 Å². The van der Waals surface area contributed by atoms with E-state index < -0.39 is 54.7 Å². The Kier molecular flexibility index (Phi) is 11.3. The fourth-order valence-electron chi connectivity index (χ4n) is 4.97. The maximum Gasteiger partial charge on any atom is 0.452 e. The number of aromatic amines is 1. The number of benzene rings is 2. The number of rotatable bonds is 12. The van der Waals surface area contributed by atoms with E-state index in [0.29, 0.717) is 27.9 Å². The van der Waals surface area contributed by atoms with Gasteiger partial charge in [-0.1, -0.05) is 49.4 Å². The molecule has 1 aromatic heterocycles. The number of amidine groups is 1. The number of para-hydroxylation sites is 1. The molecule has 45 heavy (non-hydrogen) atoms. The van der Waals surface area contributed by atoms with Crippen LogP contribution < -0.4 is 16.0 Å². The molecule has 0 spiro atoms. The van der Waals surface area contributed by atoms with Gasteiger partial charge in [-0.05, 0) is 17.2 Å². The van der Waals surface area contributed by atoms with Gasteiger partial charge in [0.25, 0.3) is 5.78 Å². The van der Waals surface area contributed by atoms with Crippen LogP contribution in [0, 0.1) is 5.41 Å². The van der Waals surface area contributed by atoms with Crippen LogP contribution >= 0.6 is 11.8 Å². The molecule has 1 aliphatic heterocycles. The monoisotopic (exact) mass is 644 g/mol. The Hall–Kier alpha value is -4.33. The molecule has 10 nitrogen and oxygen atoms in total.